The summed E-state index contributed by atoms with van der Waals surface area (Å²) < 4.78 is 0. The first-order valence-corrected chi connectivity index (χ1v) is 6.98. The average molecular weight is 263 g/mol. The smallest absolute Gasteiger partial charge is 0.0916 e. The number of aliphatic hydroxyl groups is 1. The SMILES string of the molecule is CN1CCC(N(C)CC(O)c2ccc(N)cc2)CC1. The zero-order valence-corrected chi connectivity index (χ0v) is 11.9. The van der Waals surface area contributed by atoms with Crippen molar-refractivity contribution >= 4 is 5.69 Å². The summed E-state index contributed by atoms with van der Waals surface area (Å²) in [5.74, 6) is 0. The first-order valence-electron chi connectivity index (χ1n) is 6.98. The van der Waals surface area contributed by atoms with Crippen molar-refractivity contribution in [2.45, 2.75) is 25.0 Å². The number of nitrogens with zero attached hydrogens (tertiary/aromatic N) is 2. The number of nitrogen functional groups attached to an aromatic ring is 1. The Morgan fingerprint density at radius 2 is 1.89 bits per heavy atom. The van der Waals surface area contributed by atoms with E-state index >= 15 is 0 Å². The molecule has 0 radical (unpaired) electrons. The van der Waals surface area contributed by atoms with E-state index in [1.807, 2.05) is 24.3 Å². The fourth-order valence-corrected chi connectivity index (χ4v) is 2.68. The van der Waals surface area contributed by atoms with Crippen molar-refractivity contribution in [1.82, 2.24) is 9.80 Å². The van der Waals surface area contributed by atoms with Gasteiger partial charge < -0.3 is 20.6 Å². The number of likely N-dealkylation sites (N-methyl/N-ethyl adjacent to an activating group) is 1. The minimum absolute atomic E-state index is 0.440. The van der Waals surface area contributed by atoms with Crippen molar-refractivity contribution in [2.75, 3.05) is 39.5 Å². The van der Waals surface area contributed by atoms with E-state index in [9.17, 15) is 5.11 Å². The molecule has 1 heterocycles. The second-order valence-electron chi connectivity index (χ2n) is 5.66. The number of anilines is 1. The lowest BCUT2D eigenvalue weighted by Gasteiger charge is -2.36. The summed E-state index contributed by atoms with van der Waals surface area (Å²) in [7, 11) is 4.27. The van der Waals surface area contributed by atoms with E-state index in [1.54, 1.807) is 0 Å². The molecule has 0 aromatic heterocycles. The van der Waals surface area contributed by atoms with Crippen molar-refractivity contribution < 1.29 is 5.11 Å². The maximum Gasteiger partial charge on any atom is 0.0916 e. The van der Waals surface area contributed by atoms with E-state index in [2.05, 4.69) is 23.9 Å². The van der Waals surface area contributed by atoms with E-state index in [1.165, 1.54) is 12.8 Å². The number of piperidine rings is 1. The molecule has 2 rings (SSSR count). The van der Waals surface area contributed by atoms with Gasteiger partial charge >= 0.3 is 0 Å². The topological polar surface area (TPSA) is 52.7 Å². The highest BCUT2D eigenvalue weighted by molar-refractivity contribution is 5.39. The Morgan fingerprint density at radius 1 is 1.32 bits per heavy atom. The van der Waals surface area contributed by atoms with Crippen LogP contribution in [0.25, 0.3) is 0 Å². The summed E-state index contributed by atoms with van der Waals surface area (Å²) in [6, 6.07) is 8.08. The molecule has 0 spiro atoms. The van der Waals surface area contributed by atoms with Crippen molar-refractivity contribution in [3.63, 3.8) is 0 Å². The molecule has 1 aromatic carbocycles. The number of rotatable bonds is 4. The first kappa shape index (κ1) is 14.3. The Hall–Kier alpha value is -1.10. The Kier molecular flexibility index (Phi) is 4.80. The molecule has 3 N–H and O–H groups in total. The van der Waals surface area contributed by atoms with Gasteiger partial charge in [0.2, 0.25) is 0 Å². The molecule has 19 heavy (non-hydrogen) atoms. The Labute approximate surface area is 115 Å². The minimum Gasteiger partial charge on any atom is -0.399 e. The molecule has 106 valence electrons. The van der Waals surface area contributed by atoms with Crippen LogP contribution in [0.5, 0.6) is 0 Å². The third-order valence-corrected chi connectivity index (χ3v) is 4.09. The van der Waals surface area contributed by atoms with Crippen LogP contribution in [-0.2, 0) is 0 Å². The van der Waals surface area contributed by atoms with Gasteiger partial charge in [0, 0.05) is 18.3 Å². The predicted molar refractivity (Wildman–Crippen MR) is 79.0 cm³/mol. The van der Waals surface area contributed by atoms with E-state index < -0.39 is 6.10 Å². The standard InChI is InChI=1S/C15H25N3O/c1-17-9-7-14(8-10-17)18(2)11-15(19)12-3-5-13(16)6-4-12/h3-6,14-15,19H,7-11,16H2,1-2H3. The normalized spacial score (nSPS) is 19.8. The van der Waals surface area contributed by atoms with E-state index in [4.69, 9.17) is 5.73 Å². The zero-order valence-electron chi connectivity index (χ0n) is 11.9. The van der Waals surface area contributed by atoms with Crippen LogP contribution < -0.4 is 5.73 Å². The van der Waals surface area contributed by atoms with Crippen LogP contribution in [0, 0.1) is 0 Å². The molecule has 1 saturated heterocycles. The molecule has 1 atom stereocenters. The summed E-state index contributed by atoms with van der Waals surface area (Å²) in [5, 5.41) is 10.3. The molecular weight excluding hydrogens is 238 g/mol. The number of aliphatic hydroxyl groups excluding tert-OH is 1. The molecule has 4 nitrogen and oxygen atoms in total. The third-order valence-electron chi connectivity index (χ3n) is 4.09. The van der Waals surface area contributed by atoms with Crippen LogP contribution in [0.3, 0.4) is 0 Å². The van der Waals surface area contributed by atoms with Gasteiger partial charge in [-0.15, -0.1) is 0 Å². The van der Waals surface area contributed by atoms with Crippen LogP contribution in [0.1, 0.15) is 24.5 Å². The predicted octanol–water partition coefficient (Wildman–Crippen LogP) is 1.33. The highest BCUT2D eigenvalue weighted by Gasteiger charge is 2.22. The van der Waals surface area contributed by atoms with Gasteiger partial charge in [0.1, 0.15) is 0 Å². The highest BCUT2D eigenvalue weighted by atomic mass is 16.3. The fraction of sp³-hybridized carbons (Fsp3) is 0.600. The summed E-state index contributed by atoms with van der Waals surface area (Å²) >= 11 is 0. The van der Waals surface area contributed by atoms with Crippen LogP contribution in [0.15, 0.2) is 24.3 Å². The molecule has 0 amide bonds. The molecule has 1 aliphatic heterocycles. The lowest BCUT2D eigenvalue weighted by atomic mass is 10.0. The number of nitrogens with two attached hydrogens (primary N) is 1. The molecule has 1 aliphatic rings. The van der Waals surface area contributed by atoms with Crippen LogP contribution in [0.2, 0.25) is 0 Å². The van der Waals surface area contributed by atoms with Gasteiger partial charge in [-0.3, -0.25) is 0 Å². The maximum absolute atomic E-state index is 10.3. The van der Waals surface area contributed by atoms with Gasteiger partial charge in [0.05, 0.1) is 6.10 Å². The highest BCUT2D eigenvalue weighted by Crippen LogP contribution is 2.19. The van der Waals surface area contributed by atoms with Gasteiger partial charge in [-0.1, -0.05) is 12.1 Å². The van der Waals surface area contributed by atoms with Crippen molar-refractivity contribution in [1.29, 1.82) is 0 Å². The molecule has 0 saturated carbocycles. The minimum atomic E-state index is -0.440. The molecule has 0 bridgehead atoms. The maximum atomic E-state index is 10.3. The van der Waals surface area contributed by atoms with Crippen LogP contribution in [-0.4, -0.2) is 54.7 Å². The Balaban J connectivity index is 1.87. The molecular formula is C15H25N3O. The summed E-state index contributed by atoms with van der Waals surface area (Å²) in [6.07, 6.45) is 1.92. The van der Waals surface area contributed by atoms with Crippen molar-refractivity contribution in [3.05, 3.63) is 29.8 Å². The van der Waals surface area contributed by atoms with Crippen molar-refractivity contribution in [2.24, 2.45) is 0 Å². The molecule has 1 fully saturated rings. The second-order valence-corrected chi connectivity index (χ2v) is 5.66. The van der Waals surface area contributed by atoms with Gasteiger partial charge in [-0.25, -0.2) is 0 Å². The molecule has 1 unspecified atom stereocenters. The number of hydrogen-bond acceptors (Lipinski definition) is 4. The zero-order chi connectivity index (χ0) is 13.8. The molecule has 1 aromatic rings. The van der Waals surface area contributed by atoms with Gasteiger partial charge in [0.25, 0.3) is 0 Å². The Bertz CT molecular complexity index is 385. The molecule has 0 aliphatic carbocycles. The Morgan fingerprint density at radius 3 is 2.47 bits per heavy atom. The van der Waals surface area contributed by atoms with Crippen LogP contribution in [0.4, 0.5) is 5.69 Å². The number of benzene rings is 1. The van der Waals surface area contributed by atoms with Gasteiger partial charge in [-0.05, 0) is 57.7 Å². The lowest BCUT2D eigenvalue weighted by molar-refractivity contribution is 0.0789. The number of hydrogen-bond donors (Lipinski definition) is 2. The second kappa shape index (κ2) is 6.37. The monoisotopic (exact) mass is 263 g/mol. The van der Waals surface area contributed by atoms with Crippen LogP contribution >= 0.6 is 0 Å². The van der Waals surface area contributed by atoms with Gasteiger partial charge in [-0.2, -0.15) is 0 Å². The lowest BCUT2D eigenvalue weighted by Crippen LogP contribution is -2.43. The quantitative estimate of drug-likeness (QED) is 0.805. The van der Waals surface area contributed by atoms with E-state index in [0.29, 0.717) is 12.6 Å². The fourth-order valence-electron chi connectivity index (χ4n) is 2.68. The molecule has 4 heteroatoms. The summed E-state index contributed by atoms with van der Waals surface area (Å²) in [4.78, 5) is 4.65. The van der Waals surface area contributed by atoms with Crippen molar-refractivity contribution in [3.8, 4) is 0 Å². The van der Waals surface area contributed by atoms with Gasteiger partial charge in [0.15, 0.2) is 0 Å². The van der Waals surface area contributed by atoms with E-state index in [0.717, 1.165) is 24.3 Å². The summed E-state index contributed by atoms with van der Waals surface area (Å²) in [6.45, 7) is 2.97. The third kappa shape index (κ3) is 3.93. The average Bonchev–Trinajstić information content (AvgIpc) is 2.40. The number of likely N-dealkylation sites (tertiary alicyclic amines) is 1. The summed E-state index contributed by atoms with van der Waals surface area (Å²) in [5.41, 5.74) is 7.34. The largest absolute Gasteiger partial charge is 0.399 e. The first-order chi connectivity index (χ1) is 9.06. The van der Waals surface area contributed by atoms with E-state index in [-0.39, 0.29) is 0 Å².